The normalized spacial score (nSPS) is 33.1. The van der Waals surface area contributed by atoms with E-state index in [1.807, 2.05) is 6.92 Å². The molecule has 1 saturated heterocycles. The second kappa shape index (κ2) is 6.91. The van der Waals surface area contributed by atoms with Gasteiger partial charge in [0, 0.05) is 30.3 Å². The highest BCUT2D eigenvalue weighted by molar-refractivity contribution is 5.87. The average Bonchev–Trinajstić information content (AvgIpc) is 2.47. The Morgan fingerprint density at radius 2 is 1.90 bits per heavy atom. The van der Waals surface area contributed by atoms with Crippen LogP contribution in [0.3, 0.4) is 0 Å². The molecule has 0 bridgehead atoms. The number of piperidine rings is 1. The van der Waals surface area contributed by atoms with E-state index in [1.54, 1.807) is 0 Å². The Morgan fingerprint density at radius 1 is 1.24 bits per heavy atom. The van der Waals surface area contributed by atoms with Gasteiger partial charge in [0.2, 0.25) is 17.7 Å². The van der Waals surface area contributed by atoms with E-state index < -0.39 is 0 Å². The number of amides is 3. The molecule has 2 unspecified atom stereocenters. The lowest BCUT2D eigenvalue weighted by Gasteiger charge is -2.32. The van der Waals surface area contributed by atoms with Gasteiger partial charge >= 0.3 is 0 Å². The van der Waals surface area contributed by atoms with Gasteiger partial charge in [-0.1, -0.05) is 6.92 Å². The molecular weight excluding hydrogens is 270 g/mol. The minimum absolute atomic E-state index is 0.0224. The number of hydrogen-bond acceptors (Lipinski definition) is 3. The highest BCUT2D eigenvalue weighted by atomic mass is 16.2. The smallest absolute Gasteiger partial charge is 0.223 e. The Labute approximate surface area is 125 Å². The molecule has 0 radical (unpaired) electrons. The molecule has 4 N–H and O–H groups in total. The van der Waals surface area contributed by atoms with Crippen molar-refractivity contribution in [1.29, 1.82) is 0 Å². The van der Waals surface area contributed by atoms with Crippen LogP contribution in [-0.2, 0) is 14.4 Å². The molecule has 1 heterocycles. The molecule has 21 heavy (non-hydrogen) atoms. The van der Waals surface area contributed by atoms with Crippen molar-refractivity contribution in [3.8, 4) is 0 Å². The molecule has 6 nitrogen and oxygen atoms in total. The number of carbonyl (C=O) groups excluding carboxylic acids is 3. The number of carbonyl (C=O) groups is 3. The molecule has 0 aromatic rings. The quantitative estimate of drug-likeness (QED) is 0.702. The van der Waals surface area contributed by atoms with Crippen molar-refractivity contribution in [2.75, 3.05) is 0 Å². The summed E-state index contributed by atoms with van der Waals surface area (Å²) in [5.74, 6) is -0.577. The molecule has 0 spiro atoms. The Hall–Kier alpha value is -1.59. The van der Waals surface area contributed by atoms with Gasteiger partial charge in [0.05, 0.1) is 0 Å². The molecule has 0 aromatic heterocycles. The molecule has 2 aliphatic rings. The summed E-state index contributed by atoms with van der Waals surface area (Å²) in [4.78, 5) is 35.0. The lowest BCUT2D eigenvalue weighted by atomic mass is 9.84. The maximum absolute atomic E-state index is 12.3. The molecule has 3 amide bonds. The molecule has 0 aromatic carbocycles. The van der Waals surface area contributed by atoms with Gasteiger partial charge in [0.1, 0.15) is 0 Å². The zero-order valence-electron chi connectivity index (χ0n) is 12.6. The van der Waals surface area contributed by atoms with Crippen LogP contribution in [0.25, 0.3) is 0 Å². The summed E-state index contributed by atoms with van der Waals surface area (Å²) in [6.45, 7) is 2.01. The molecule has 2 rings (SSSR count). The van der Waals surface area contributed by atoms with Gasteiger partial charge in [-0.25, -0.2) is 0 Å². The number of nitrogens with one attached hydrogen (secondary N) is 2. The van der Waals surface area contributed by atoms with Crippen LogP contribution in [0.15, 0.2) is 0 Å². The summed E-state index contributed by atoms with van der Waals surface area (Å²) in [5.41, 5.74) is 5.31. The SMILES string of the molecule is CCC1CC(C(=O)NC2CCC(C(N)=O)CC2)CC(=O)N1. The highest BCUT2D eigenvalue weighted by Gasteiger charge is 2.32. The van der Waals surface area contributed by atoms with Crippen molar-refractivity contribution < 1.29 is 14.4 Å². The Morgan fingerprint density at radius 3 is 2.48 bits per heavy atom. The topological polar surface area (TPSA) is 101 Å². The summed E-state index contributed by atoms with van der Waals surface area (Å²) in [6.07, 6.45) is 4.89. The van der Waals surface area contributed by atoms with E-state index in [1.165, 1.54) is 0 Å². The molecule has 2 fully saturated rings. The van der Waals surface area contributed by atoms with Gasteiger partial charge in [-0.3, -0.25) is 14.4 Å². The fraction of sp³-hybridized carbons (Fsp3) is 0.800. The van der Waals surface area contributed by atoms with Crippen LogP contribution in [0.5, 0.6) is 0 Å². The van der Waals surface area contributed by atoms with Crippen molar-refractivity contribution in [3.05, 3.63) is 0 Å². The average molecular weight is 295 g/mol. The van der Waals surface area contributed by atoms with Crippen LogP contribution in [0.4, 0.5) is 0 Å². The summed E-state index contributed by atoms with van der Waals surface area (Å²) < 4.78 is 0. The molecule has 1 saturated carbocycles. The first kappa shape index (κ1) is 15.8. The van der Waals surface area contributed by atoms with E-state index in [2.05, 4.69) is 10.6 Å². The van der Waals surface area contributed by atoms with E-state index in [9.17, 15) is 14.4 Å². The molecule has 6 heteroatoms. The molecule has 2 atom stereocenters. The molecule has 1 aliphatic carbocycles. The van der Waals surface area contributed by atoms with Gasteiger partial charge in [0.15, 0.2) is 0 Å². The summed E-state index contributed by atoms with van der Waals surface area (Å²) in [7, 11) is 0. The highest BCUT2D eigenvalue weighted by Crippen LogP contribution is 2.25. The third-order valence-electron chi connectivity index (χ3n) is 4.71. The van der Waals surface area contributed by atoms with E-state index in [4.69, 9.17) is 5.73 Å². The standard InChI is InChI=1S/C15H25N3O3/c1-2-11-7-10(8-13(19)17-11)15(21)18-12-5-3-9(4-6-12)14(16)20/h9-12H,2-8H2,1H3,(H2,16,20)(H,17,19)(H,18,21). The van der Waals surface area contributed by atoms with E-state index in [0.717, 1.165) is 32.1 Å². The van der Waals surface area contributed by atoms with Crippen LogP contribution in [0.2, 0.25) is 0 Å². The van der Waals surface area contributed by atoms with Crippen LogP contribution in [-0.4, -0.2) is 29.8 Å². The van der Waals surface area contributed by atoms with E-state index in [0.29, 0.717) is 6.42 Å². The summed E-state index contributed by atoms with van der Waals surface area (Å²) in [5, 5.41) is 5.94. The fourth-order valence-corrected chi connectivity index (χ4v) is 3.31. The first-order valence-corrected chi connectivity index (χ1v) is 7.88. The van der Waals surface area contributed by atoms with Crippen molar-refractivity contribution in [2.24, 2.45) is 17.6 Å². The van der Waals surface area contributed by atoms with Gasteiger partial charge in [-0.2, -0.15) is 0 Å². The molecule has 118 valence electrons. The Bertz CT molecular complexity index is 416. The van der Waals surface area contributed by atoms with Gasteiger partial charge < -0.3 is 16.4 Å². The monoisotopic (exact) mass is 295 g/mol. The van der Waals surface area contributed by atoms with Gasteiger partial charge in [-0.15, -0.1) is 0 Å². The third-order valence-corrected chi connectivity index (χ3v) is 4.71. The van der Waals surface area contributed by atoms with Crippen molar-refractivity contribution in [1.82, 2.24) is 10.6 Å². The lowest BCUT2D eigenvalue weighted by molar-refractivity contribution is -0.134. The van der Waals surface area contributed by atoms with E-state index in [-0.39, 0.29) is 48.1 Å². The predicted molar refractivity (Wildman–Crippen MR) is 78.0 cm³/mol. The van der Waals surface area contributed by atoms with Crippen LogP contribution < -0.4 is 16.4 Å². The largest absolute Gasteiger partial charge is 0.369 e. The maximum atomic E-state index is 12.3. The second-order valence-electron chi connectivity index (χ2n) is 6.27. The number of rotatable bonds is 4. The summed E-state index contributed by atoms with van der Waals surface area (Å²) in [6, 6.07) is 0.214. The maximum Gasteiger partial charge on any atom is 0.223 e. The number of hydrogen-bond donors (Lipinski definition) is 3. The van der Waals surface area contributed by atoms with Crippen LogP contribution >= 0.6 is 0 Å². The molecular formula is C15H25N3O3. The second-order valence-corrected chi connectivity index (χ2v) is 6.27. The van der Waals surface area contributed by atoms with Crippen LogP contribution in [0.1, 0.15) is 51.9 Å². The molecule has 1 aliphatic heterocycles. The number of primary amides is 1. The zero-order chi connectivity index (χ0) is 15.4. The third kappa shape index (κ3) is 4.19. The Balaban J connectivity index is 1.82. The first-order valence-electron chi connectivity index (χ1n) is 7.88. The Kier molecular flexibility index (Phi) is 5.20. The minimum Gasteiger partial charge on any atom is -0.369 e. The first-order chi connectivity index (χ1) is 9.99. The zero-order valence-corrected chi connectivity index (χ0v) is 12.6. The van der Waals surface area contributed by atoms with E-state index >= 15 is 0 Å². The summed E-state index contributed by atoms with van der Waals surface area (Å²) >= 11 is 0. The van der Waals surface area contributed by atoms with Gasteiger partial charge in [-0.05, 0) is 38.5 Å². The van der Waals surface area contributed by atoms with Crippen molar-refractivity contribution >= 4 is 17.7 Å². The fourth-order valence-electron chi connectivity index (χ4n) is 3.31. The predicted octanol–water partition coefficient (Wildman–Crippen LogP) is 0.452. The van der Waals surface area contributed by atoms with Crippen molar-refractivity contribution in [3.63, 3.8) is 0 Å². The van der Waals surface area contributed by atoms with Crippen molar-refractivity contribution in [2.45, 2.75) is 64.0 Å². The van der Waals surface area contributed by atoms with Crippen LogP contribution in [0, 0.1) is 11.8 Å². The lowest BCUT2D eigenvalue weighted by Crippen LogP contribution is -2.49. The van der Waals surface area contributed by atoms with Gasteiger partial charge in [0.25, 0.3) is 0 Å². The minimum atomic E-state index is -0.241. The number of nitrogens with two attached hydrogens (primary N) is 1.